The summed E-state index contributed by atoms with van der Waals surface area (Å²) < 4.78 is 12.0. The van der Waals surface area contributed by atoms with Gasteiger partial charge in [-0.1, -0.05) is 6.07 Å². The van der Waals surface area contributed by atoms with Gasteiger partial charge < -0.3 is 14.4 Å². The molecular weight excluding hydrogens is 354 g/mol. The summed E-state index contributed by atoms with van der Waals surface area (Å²) in [5, 5.41) is 4.26. The third-order valence-corrected chi connectivity index (χ3v) is 5.86. The number of aromatic nitrogens is 2. The minimum Gasteiger partial charge on any atom is -0.454 e. The lowest BCUT2D eigenvalue weighted by Gasteiger charge is -2.20. The van der Waals surface area contributed by atoms with Crippen molar-refractivity contribution in [2.75, 3.05) is 25.6 Å². The normalized spacial score (nSPS) is 19.2. The van der Waals surface area contributed by atoms with E-state index in [0.29, 0.717) is 18.3 Å². The van der Waals surface area contributed by atoms with E-state index in [0.717, 1.165) is 23.7 Å². The molecule has 136 valence electrons. The van der Waals surface area contributed by atoms with E-state index in [-0.39, 0.29) is 24.8 Å². The van der Waals surface area contributed by atoms with Crippen LogP contribution in [0.25, 0.3) is 0 Å². The van der Waals surface area contributed by atoms with Gasteiger partial charge in [-0.05, 0) is 30.2 Å². The molecule has 1 aromatic carbocycles. The fraction of sp³-hybridized carbons (Fsp3) is 0.389. The second-order valence-electron chi connectivity index (χ2n) is 6.16. The van der Waals surface area contributed by atoms with E-state index < -0.39 is 0 Å². The van der Waals surface area contributed by atoms with Crippen molar-refractivity contribution in [1.82, 2.24) is 14.7 Å². The predicted molar refractivity (Wildman–Crippen MR) is 97.5 cm³/mol. The van der Waals surface area contributed by atoms with Crippen LogP contribution in [0.1, 0.15) is 17.2 Å². The molecule has 1 amide bonds. The first kappa shape index (κ1) is 17.0. The van der Waals surface area contributed by atoms with E-state index >= 15 is 0 Å². The molecule has 2 aliphatic rings. The number of thioether (sulfide) groups is 1. The van der Waals surface area contributed by atoms with Gasteiger partial charge in [0.1, 0.15) is 6.54 Å². The Morgan fingerprint density at radius 1 is 1.23 bits per heavy atom. The molecule has 0 saturated carbocycles. The number of benzene rings is 1. The maximum Gasteiger partial charge on any atom is 0.267 e. The van der Waals surface area contributed by atoms with Crippen LogP contribution in [0.5, 0.6) is 11.5 Å². The largest absolute Gasteiger partial charge is 0.454 e. The lowest BCUT2D eigenvalue weighted by Crippen LogP contribution is -2.38. The minimum atomic E-state index is -0.261. The molecule has 26 heavy (non-hydrogen) atoms. The Balaban J connectivity index is 1.41. The summed E-state index contributed by atoms with van der Waals surface area (Å²) >= 11 is 1.84. The van der Waals surface area contributed by atoms with E-state index in [4.69, 9.17) is 9.47 Å². The highest BCUT2D eigenvalue weighted by molar-refractivity contribution is 7.99. The SMILES string of the molecule is O=C(Cn1ncccc1=O)N1CCSC(c2ccc3c(c2)OCO3)CC1. The van der Waals surface area contributed by atoms with E-state index in [9.17, 15) is 9.59 Å². The molecule has 1 aromatic heterocycles. The standard InChI is InChI=1S/C18H19N3O4S/c22-17-2-1-6-19-21(17)11-18(23)20-7-5-16(26-9-8-20)13-3-4-14-15(10-13)25-12-24-14/h1-4,6,10,16H,5,7-9,11-12H2. The van der Waals surface area contributed by atoms with Crippen LogP contribution in [0.15, 0.2) is 41.3 Å². The minimum absolute atomic E-state index is 0.0149. The molecule has 1 saturated heterocycles. The summed E-state index contributed by atoms with van der Waals surface area (Å²) in [7, 11) is 0. The summed E-state index contributed by atoms with van der Waals surface area (Å²) in [6, 6.07) is 9.02. The molecule has 0 bridgehead atoms. The monoisotopic (exact) mass is 373 g/mol. The van der Waals surface area contributed by atoms with Crippen LogP contribution in [0.3, 0.4) is 0 Å². The number of ether oxygens (including phenoxy) is 2. The molecule has 1 atom stereocenters. The average Bonchev–Trinajstić information content (AvgIpc) is 2.98. The molecule has 0 aliphatic carbocycles. The summed E-state index contributed by atoms with van der Waals surface area (Å²) in [6.07, 6.45) is 2.37. The molecule has 4 rings (SSSR count). The summed E-state index contributed by atoms with van der Waals surface area (Å²) in [5.74, 6) is 2.35. The van der Waals surface area contributed by atoms with Crippen LogP contribution in [-0.2, 0) is 11.3 Å². The van der Waals surface area contributed by atoms with Gasteiger partial charge in [0, 0.05) is 36.4 Å². The number of nitrogens with zero attached hydrogens (tertiary/aromatic N) is 3. The maximum absolute atomic E-state index is 12.5. The van der Waals surface area contributed by atoms with Gasteiger partial charge in [0.25, 0.3) is 5.56 Å². The van der Waals surface area contributed by atoms with Crippen molar-refractivity contribution in [3.05, 3.63) is 52.4 Å². The van der Waals surface area contributed by atoms with Crippen molar-refractivity contribution in [3.8, 4) is 11.5 Å². The van der Waals surface area contributed by atoms with E-state index in [1.165, 1.54) is 22.5 Å². The number of fused-ring (bicyclic) bond motifs is 1. The molecule has 8 heteroatoms. The number of carbonyl (C=O) groups excluding carboxylic acids is 1. The number of carbonyl (C=O) groups is 1. The van der Waals surface area contributed by atoms with Crippen LogP contribution in [0, 0.1) is 0 Å². The van der Waals surface area contributed by atoms with Crippen LogP contribution in [0.2, 0.25) is 0 Å². The van der Waals surface area contributed by atoms with Gasteiger partial charge in [0.05, 0.1) is 0 Å². The molecule has 0 spiro atoms. The number of rotatable bonds is 3. The summed E-state index contributed by atoms with van der Waals surface area (Å²) in [4.78, 5) is 26.1. The molecule has 2 aliphatic heterocycles. The highest BCUT2D eigenvalue weighted by atomic mass is 32.2. The lowest BCUT2D eigenvalue weighted by molar-refractivity contribution is -0.131. The Kier molecular flexibility index (Phi) is 4.83. The van der Waals surface area contributed by atoms with Crippen LogP contribution in [0.4, 0.5) is 0 Å². The number of hydrogen-bond donors (Lipinski definition) is 0. The quantitative estimate of drug-likeness (QED) is 0.815. The molecule has 3 heterocycles. The Labute approximate surface area is 154 Å². The van der Waals surface area contributed by atoms with Crippen molar-refractivity contribution in [2.45, 2.75) is 18.2 Å². The zero-order valence-electron chi connectivity index (χ0n) is 14.2. The second-order valence-corrected chi connectivity index (χ2v) is 7.47. The maximum atomic E-state index is 12.5. The van der Waals surface area contributed by atoms with Gasteiger partial charge in [-0.3, -0.25) is 9.59 Å². The van der Waals surface area contributed by atoms with Crippen molar-refractivity contribution < 1.29 is 14.3 Å². The average molecular weight is 373 g/mol. The highest BCUT2D eigenvalue weighted by Crippen LogP contribution is 2.40. The topological polar surface area (TPSA) is 73.7 Å². The number of amides is 1. The lowest BCUT2D eigenvalue weighted by atomic mass is 10.1. The zero-order valence-corrected chi connectivity index (χ0v) is 15.0. The molecule has 7 nitrogen and oxygen atoms in total. The third kappa shape index (κ3) is 3.55. The second kappa shape index (κ2) is 7.41. The van der Waals surface area contributed by atoms with E-state index in [1.807, 2.05) is 28.8 Å². The third-order valence-electron chi connectivity index (χ3n) is 4.53. The highest BCUT2D eigenvalue weighted by Gasteiger charge is 2.24. The van der Waals surface area contributed by atoms with Gasteiger partial charge in [-0.15, -0.1) is 0 Å². The smallest absolute Gasteiger partial charge is 0.267 e. The molecule has 0 N–H and O–H groups in total. The molecule has 1 fully saturated rings. The van der Waals surface area contributed by atoms with E-state index in [1.54, 1.807) is 6.07 Å². The summed E-state index contributed by atoms with van der Waals surface area (Å²) in [6.45, 7) is 1.59. The molecule has 1 unspecified atom stereocenters. The fourth-order valence-corrected chi connectivity index (χ4v) is 4.35. The fourth-order valence-electron chi connectivity index (χ4n) is 3.13. The zero-order chi connectivity index (χ0) is 17.9. The van der Waals surface area contributed by atoms with Gasteiger partial charge in [-0.2, -0.15) is 16.9 Å². The van der Waals surface area contributed by atoms with Gasteiger partial charge in [0.15, 0.2) is 11.5 Å². The Morgan fingerprint density at radius 2 is 2.12 bits per heavy atom. The van der Waals surface area contributed by atoms with Gasteiger partial charge >= 0.3 is 0 Å². The predicted octanol–water partition coefficient (Wildman–Crippen LogP) is 1.68. The van der Waals surface area contributed by atoms with Crippen molar-refractivity contribution in [2.24, 2.45) is 0 Å². The van der Waals surface area contributed by atoms with Crippen LogP contribution >= 0.6 is 11.8 Å². The van der Waals surface area contributed by atoms with Crippen molar-refractivity contribution in [1.29, 1.82) is 0 Å². The number of hydrogen-bond acceptors (Lipinski definition) is 6. The van der Waals surface area contributed by atoms with Gasteiger partial charge in [0.2, 0.25) is 12.7 Å². The van der Waals surface area contributed by atoms with Crippen LogP contribution < -0.4 is 15.0 Å². The molecular formula is C18H19N3O4S. The van der Waals surface area contributed by atoms with E-state index in [2.05, 4.69) is 11.2 Å². The Bertz CT molecular complexity index is 870. The van der Waals surface area contributed by atoms with Crippen molar-refractivity contribution in [3.63, 3.8) is 0 Å². The van der Waals surface area contributed by atoms with Crippen LogP contribution in [-0.4, -0.2) is 46.2 Å². The first-order valence-corrected chi connectivity index (χ1v) is 9.56. The first-order chi connectivity index (χ1) is 12.7. The molecule has 2 aromatic rings. The Hall–Kier alpha value is -2.48. The van der Waals surface area contributed by atoms with Crippen molar-refractivity contribution >= 4 is 17.7 Å². The Morgan fingerprint density at radius 3 is 3.00 bits per heavy atom. The first-order valence-electron chi connectivity index (χ1n) is 8.52. The molecule has 0 radical (unpaired) electrons. The summed E-state index contributed by atoms with van der Waals surface area (Å²) in [5.41, 5.74) is 0.928. The van der Waals surface area contributed by atoms with Gasteiger partial charge in [-0.25, -0.2) is 4.68 Å².